The van der Waals surface area contributed by atoms with Crippen LogP contribution in [0.3, 0.4) is 0 Å². The Morgan fingerprint density at radius 2 is 1.94 bits per heavy atom. The van der Waals surface area contributed by atoms with Crippen molar-refractivity contribution in [3.8, 4) is 0 Å². The van der Waals surface area contributed by atoms with E-state index in [1.807, 2.05) is 0 Å². The highest BCUT2D eigenvalue weighted by molar-refractivity contribution is 7.89. The molecule has 0 amide bonds. The van der Waals surface area contributed by atoms with Gasteiger partial charge in [-0.2, -0.15) is 4.31 Å². The van der Waals surface area contributed by atoms with Gasteiger partial charge in [0.15, 0.2) is 0 Å². The second-order valence-electron chi connectivity index (χ2n) is 3.80. The van der Waals surface area contributed by atoms with Crippen LogP contribution in [0.2, 0.25) is 5.02 Å². The molecule has 0 aliphatic rings. The Balaban J connectivity index is 3.23. The number of nitrogens with two attached hydrogens (primary N) is 1. The van der Waals surface area contributed by atoms with Crippen LogP contribution in [0.5, 0.6) is 0 Å². The van der Waals surface area contributed by atoms with E-state index in [0.29, 0.717) is 5.02 Å². The van der Waals surface area contributed by atoms with Gasteiger partial charge in [0.2, 0.25) is 10.0 Å². The van der Waals surface area contributed by atoms with Crippen LogP contribution >= 0.6 is 11.6 Å². The summed E-state index contributed by atoms with van der Waals surface area (Å²) in [6.07, 6.45) is 0. The van der Waals surface area contributed by atoms with Gasteiger partial charge in [-0.25, -0.2) is 8.42 Å². The summed E-state index contributed by atoms with van der Waals surface area (Å²) in [5.41, 5.74) is 5.84. The molecule has 2 N–H and O–H groups in total. The van der Waals surface area contributed by atoms with E-state index in [-0.39, 0.29) is 16.6 Å². The third-order valence-electron chi connectivity index (χ3n) is 2.37. The first kappa shape index (κ1) is 13.3. The van der Waals surface area contributed by atoms with Crippen molar-refractivity contribution in [1.29, 1.82) is 0 Å². The van der Waals surface area contributed by atoms with Crippen molar-refractivity contribution in [2.75, 3.05) is 12.8 Å². The number of benzene rings is 1. The van der Waals surface area contributed by atoms with Gasteiger partial charge in [0.05, 0.1) is 15.6 Å². The molecule has 0 heterocycles. The predicted molar refractivity (Wildman–Crippen MR) is 65.9 cm³/mol. The zero-order valence-corrected chi connectivity index (χ0v) is 11.0. The SMILES string of the molecule is CC(C)N(C)S(=O)(=O)c1ccc(Cl)c(N)c1. The number of hydrogen-bond donors (Lipinski definition) is 1. The Morgan fingerprint density at radius 3 is 2.38 bits per heavy atom. The number of nitrogen functional groups attached to an aromatic ring is 1. The molecule has 0 bridgehead atoms. The summed E-state index contributed by atoms with van der Waals surface area (Å²) in [5.74, 6) is 0. The minimum Gasteiger partial charge on any atom is -0.397 e. The lowest BCUT2D eigenvalue weighted by atomic mass is 10.3. The van der Waals surface area contributed by atoms with Crippen LogP contribution in [0, 0.1) is 0 Å². The molecule has 6 heteroatoms. The number of sulfonamides is 1. The second kappa shape index (κ2) is 4.61. The van der Waals surface area contributed by atoms with Crippen LogP contribution in [0.15, 0.2) is 23.1 Å². The fourth-order valence-electron chi connectivity index (χ4n) is 1.13. The summed E-state index contributed by atoms with van der Waals surface area (Å²) in [5, 5.41) is 0.353. The lowest BCUT2D eigenvalue weighted by Crippen LogP contribution is -2.33. The van der Waals surface area contributed by atoms with Gasteiger partial charge in [-0.15, -0.1) is 0 Å². The average Bonchev–Trinajstić information content (AvgIpc) is 2.20. The van der Waals surface area contributed by atoms with E-state index in [1.54, 1.807) is 13.8 Å². The van der Waals surface area contributed by atoms with Crippen molar-refractivity contribution in [1.82, 2.24) is 4.31 Å². The van der Waals surface area contributed by atoms with Crippen LogP contribution in [0.25, 0.3) is 0 Å². The van der Waals surface area contributed by atoms with Crippen LogP contribution in [-0.2, 0) is 10.0 Å². The number of anilines is 1. The van der Waals surface area contributed by atoms with E-state index in [4.69, 9.17) is 17.3 Å². The molecular formula is C10H15ClN2O2S. The normalized spacial score (nSPS) is 12.4. The second-order valence-corrected chi connectivity index (χ2v) is 6.20. The Bertz CT molecular complexity index is 486. The van der Waals surface area contributed by atoms with Crippen LogP contribution in [0.1, 0.15) is 13.8 Å². The van der Waals surface area contributed by atoms with Crippen molar-refractivity contribution < 1.29 is 8.42 Å². The van der Waals surface area contributed by atoms with Crippen molar-refractivity contribution in [3.05, 3.63) is 23.2 Å². The Morgan fingerprint density at radius 1 is 1.38 bits per heavy atom. The third kappa shape index (κ3) is 2.48. The van der Waals surface area contributed by atoms with E-state index in [0.717, 1.165) is 0 Å². The van der Waals surface area contributed by atoms with Gasteiger partial charge in [-0.1, -0.05) is 11.6 Å². The first-order valence-electron chi connectivity index (χ1n) is 4.80. The smallest absolute Gasteiger partial charge is 0.243 e. The highest BCUT2D eigenvalue weighted by Gasteiger charge is 2.23. The van der Waals surface area contributed by atoms with E-state index in [9.17, 15) is 8.42 Å². The molecule has 0 aliphatic heterocycles. The summed E-state index contributed by atoms with van der Waals surface area (Å²) in [7, 11) is -1.95. The molecule has 0 saturated heterocycles. The molecule has 0 fully saturated rings. The molecule has 0 atom stereocenters. The quantitative estimate of drug-likeness (QED) is 0.847. The first-order valence-corrected chi connectivity index (χ1v) is 6.61. The Hall–Kier alpha value is -0.780. The molecule has 0 aliphatic carbocycles. The van der Waals surface area contributed by atoms with Crippen molar-refractivity contribution >= 4 is 27.3 Å². The van der Waals surface area contributed by atoms with Crippen LogP contribution < -0.4 is 5.73 Å². The predicted octanol–water partition coefficient (Wildman–Crippen LogP) is 1.95. The first-order chi connectivity index (χ1) is 7.26. The van der Waals surface area contributed by atoms with Crippen molar-refractivity contribution in [3.63, 3.8) is 0 Å². The van der Waals surface area contributed by atoms with E-state index < -0.39 is 10.0 Å². The molecule has 0 spiro atoms. The van der Waals surface area contributed by atoms with Gasteiger partial charge in [0.25, 0.3) is 0 Å². The van der Waals surface area contributed by atoms with E-state index >= 15 is 0 Å². The van der Waals surface area contributed by atoms with Gasteiger partial charge >= 0.3 is 0 Å². The third-order valence-corrected chi connectivity index (χ3v) is 4.75. The van der Waals surface area contributed by atoms with E-state index in [1.165, 1.54) is 29.6 Å². The van der Waals surface area contributed by atoms with Gasteiger partial charge in [-0.05, 0) is 32.0 Å². The zero-order valence-electron chi connectivity index (χ0n) is 9.44. The molecule has 0 aromatic heterocycles. The molecule has 0 saturated carbocycles. The Labute approximate surface area is 101 Å². The van der Waals surface area contributed by atoms with Gasteiger partial charge in [0, 0.05) is 13.1 Å². The maximum atomic E-state index is 12.1. The molecule has 1 aromatic carbocycles. The molecule has 1 aromatic rings. The fourth-order valence-corrected chi connectivity index (χ4v) is 2.65. The molecule has 4 nitrogen and oxygen atoms in total. The van der Waals surface area contributed by atoms with E-state index in [2.05, 4.69) is 0 Å². The molecule has 1 rings (SSSR count). The lowest BCUT2D eigenvalue weighted by molar-refractivity contribution is 0.410. The summed E-state index contributed by atoms with van der Waals surface area (Å²) in [4.78, 5) is 0.158. The van der Waals surface area contributed by atoms with Crippen LogP contribution in [0.4, 0.5) is 5.69 Å². The highest BCUT2D eigenvalue weighted by atomic mass is 35.5. The monoisotopic (exact) mass is 262 g/mol. The minimum absolute atomic E-state index is 0.109. The largest absolute Gasteiger partial charge is 0.397 e. The maximum Gasteiger partial charge on any atom is 0.243 e. The minimum atomic E-state index is -3.48. The van der Waals surface area contributed by atoms with Crippen molar-refractivity contribution in [2.24, 2.45) is 0 Å². The number of nitrogens with zero attached hydrogens (tertiary/aromatic N) is 1. The maximum absolute atomic E-state index is 12.1. The molecule has 0 radical (unpaired) electrons. The summed E-state index contributed by atoms with van der Waals surface area (Å²) in [6.45, 7) is 3.60. The van der Waals surface area contributed by atoms with Gasteiger partial charge in [-0.3, -0.25) is 0 Å². The standard InChI is InChI=1S/C10H15ClN2O2S/c1-7(2)13(3)16(14,15)8-4-5-9(11)10(12)6-8/h4-7H,12H2,1-3H3. The summed E-state index contributed by atoms with van der Waals surface area (Å²) < 4.78 is 25.4. The molecule has 0 unspecified atom stereocenters. The van der Waals surface area contributed by atoms with Gasteiger partial charge < -0.3 is 5.73 Å². The van der Waals surface area contributed by atoms with Crippen LogP contribution in [-0.4, -0.2) is 25.8 Å². The topological polar surface area (TPSA) is 63.4 Å². The summed E-state index contributed by atoms with van der Waals surface area (Å²) in [6, 6.07) is 4.20. The zero-order chi connectivity index (χ0) is 12.5. The highest BCUT2D eigenvalue weighted by Crippen LogP contribution is 2.24. The Kier molecular flexibility index (Phi) is 3.83. The van der Waals surface area contributed by atoms with Gasteiger partial charge in [0.1, 0.15) is 0 Å². The lowest BCUT2D eigenvalue weighted by Gasteiger charge is -2.21. The number of halogens is 1. The molecular weight excluding hydrogens is 248 g/mol. The summed E-state index contributed by atoms with van der Waals surface area (Å²) >= 11 is 5.74. The number of hydrogen-bond acceptors (Lipinski definition) is 3. The average molecular weight is 263 g/mol. The molecule has 90 valence electrons. The number of rotatable bonds is 3. The van der Waals surface area contributed by atoms with Crippen molar-refractivity contribution in [2.45, 2.75) is 24.8 Å². The fraction of sp³-hybridized carbons (Fsp3) is 0.400. The molecule has 16 heavy (non-hydrogen) atoms.